The van der Waals surface area contributed by atoms with Gasteiger partial charge < -0.3 is 14.8 Å². The summed E-state index contributed by atoms with van der Waals surface area (Å²) < 4.78 is 11.2. The molecular formula is C17H21ClN4O2. The van der Waals surface area contributed by atoms with Crippen molar-refractivity contribution < 1.29 is 9.47 Å². The molecule has 0 spiro atoms. The molecule has 0 radical (unpaired) electrons. The van der Waals surface area contributed by atoms with Crippen molar-refractivity contribution in [2.45, 2.75) is 26.4 Å². The maximum Gasteiger partial charge on any atom is 0.225 e. The first-order valence-corrected chi connectivity index (χ1v) is 7.91. The highest BCUT2D eigenvalue weighted by molar-refractivity contribution is 6.28. The van der Waals surface area contributed by atoms with Crippen LogP contribution in [0.15, 0.2) is 43.1 Å². The molecule has 7 heteroatoms. The summed E-state index contributed by atoms with van der Waals surface area (Å²) in [6.45, 7) is 10.8. The van der Waals surface area contributed by atoms with Crippen LogP contribution in [0.4, 0.5) is 0 Å². The van der Waals surface area contributed by atoms with E-state index in [4.69, 9.17) is 21.1 Å². The van der Waals surface area contributed by atoms with E-state index >= 15 is 0 Å². The summed E-state index contributed by atoms with van der Waals surface area (Å²) in [5, 5.41) is 3.24. The Kier molecular flexibility index (Phi) is 5.98. The molecule has 0 saturated carbocycles. The highest BCUT2D eigenvalue weighted by atomic mass is 35.5. The SMILES string of the molecule is C=C(NCCOc1ccc(-c2ncnc(Cl)n2)cc1)OC(C)(C)C. The Bertz CT molecular complexity index is 684. The van der Waals surface area contributed by atoms with Crippen LogP contribution >= 0.6 is 11.6 Å². The Morgan fingerprint density at radius 3 is 2.54 bits per heavy atom. The van der Waals surface area contributed by atoms with E-state index in [-0.39, 0.29) is 10.9 Å². The molecule has 0 fully saturated rings. The van der Waals surface area contributed by atoms with Crippen LogP contribution < -0.4 is 10.1 Å². The van der Waals surface area contributed by atoms with Crippen LogP contribution in [0.1, 0.15) is 20.8 Å². The number of nitrogens with zero attached hydrogens (tertiary/aromatic N) is 3. The van der Waals surface area contributed by atoms with Crippen LogP contribution in [0.2, 0.25) is 5.28 Å². The summed E-state index contributed by atoms with van der Waals surface area (Å²) in [5.41, 5.74) is 0.579. The number of aromatic nitrogens is 3. The van der Waals surface area contributed by atoms with E-state index in [2.05, 4.69) is 26.8 Å². The number of hydrogen-bond acceptors (Lipinski definition) is 6. The standard InChI is InChI=1S/C17H21ClN4O2/c1-12(24-17(2,3)4)19-9-10-23-14-7-5-13(6-8-14)15-20-11-21-16(18)22-15/h5-8,11,19H,1,9-10H2,2-4H3. The van der Waals surface area contributed by atoms with Crippen molar-refractivity contribution in [2.24, 2.45) is 0 Å². The third kappa shape index (κ3) is 6.04. The van der Waals surface area contributed by atoms with E-state index in [1.165, 1.54) is 6.33 Å². The quantitative estimate of drug-likeness (QED) is 0.610. The van der Waals surface area contributed by atoms with Gasteiger partial charge in [-0.25, -0.2) is 9.97 Å². The lowest BCUT2D eigenvalue weighted by molar-refractivity contribution is 0.0407. The van der Waals surface area contributed by atoms with Gasteiger partial charge in [-0.05, 0) is 63.2 Å². The molecule has 2 rings (SSSR count). The highest BCUT2D eigenvalue weighted by Gasteiger charge is 2.11. The van der Waals surface area contributed by atoms with E-state index < -0.39 is 0 Å². The second-order valence-corrected chi connectivity index (χ2v) is 6.35. The molecule has 0 saturated heterocycles. The zero-order chi connectivity index (χ0) is 17.6. The van der Waals surface area contributed by atoms with Gasteiger partial charge in [-0.2, -0.15) is 4.98 Å². The first-order valence-electron chi connectivity index (χ1n) is 7.53. The Labute approximate surface area is 146 Å². The summed E-state index contributed by atoms with van der Waals surface area (Å²) >= 11 is 5.76. The van der Waals surface area contributed by atoms with E-state index in [0.29, 0.717) is 24.9 Å². The average Bonchev–Trinajstić information content (AvgIpc) is 2.50. The molecule has 0 atom stereocenters. The van der Waals surface area contributed by atoms with Crippen LogP contribution in [-0.4, -0.2) is 33.7 Å². The van der Waals surface area contributed by atoms with Crippen LogP contribution in [0.3, 0.4) is 0 Å². The van der Waals surface area contributed by atoms with Gasteiger partial charge in [-0.1, -0.05) is 0 Å². The van der Waals surface area contributed by atoms with Crippen molar-refractivity contribution in [3.63, 3.8) is 0 Å². The zero-order valence-corrected chi connectivity index (χ0v) is 14.8. The van der Waals surface area contributed by atoms with Gasteiger partial charge in [0.25, 0.3) is 0 Å². The summed E-state index contributed by atoms with van der Waals surface area (Å²) in [6, 6.07) is 7.45. The first-order chi connectivity index (χ1) is 11.3. The van der Waals surface area contributed by atoms with Gasteiger partial charge in [-0.3, -0.25) is 0 Å². The molecule has 1 aromatic heterocycles. The lowest BCUT2D eigenvalue weighted by atomic mass is 10.2. The molecule has 6 nitrogen and oxygen atoms in total. The number of rotatable bonds is 7. The second kappa shape index (κ2) is 7.97. The smallest absolute Gasteiger partial charge is 0.225 e. The molecule has 0 aliphatic heterocycles. The van der Waals surface area contributed by atoms with Gasteiger partial charge in [0.1, 0.15) is 24.3 Å². The van der Waals surface area contributed by atoms with Crippen molar-refractivity contribution in [3.8, 4) is 17.1 Å². The zero-order valence-electron chi connectivity index (χ0n) is 14.0. The number of nitrogens with one attached hydrogen (secondary N) is 1. The third-order valence-electron chi connectivity index (χ3n) is 2.78. The summed E-state index contributed by atoms with van der Waals surface area (Å²) in [5.74, 6) is 1.81. The van der Waals surface area contributed by atoms with Crippen LogP contribution in [0.25, 0.3) is 11.4 Å². The molecule has 0 bridgehead atoms. The predicted molar refractivity (Wildman–Crippen MR) is 93.7 cm³/mol. The Morgan fingerprint density at radius 1 is 1.21 bits per heavy atom. The highest BCUT2D eigenvalue weighted by Crippen LogP contribution is 2.19. The summed E-state index contributed by atoms with van der Waals surface area (Å²) in [4.78, 5) is 11.9. The number of halogens is 1. The fourth-order valence-corrected chi connectivity index (χ4v) is 2.00. The molecule has 1 N–H and O–H groups in total. The lowest BCUT2D eigenvalue weighted by Crippen LogP contribution is -2.27. The minimum Gasteiger partial charge on any atom is -0.492 e. The van der Waals surface area contributed by atoms with Gasteiger partial charge in [0.2, 0.25) is 5.28 Å². The third-order valence-corrected chi connectivity index (χ3v) is 2.96. The fraction of sp³-hybridized carbons (Fsp3) is 0.353. The molecule has 128 valence electrons. The molecule has 0 amide bonds. The van der Waals surface area contributed by atoms with E-state index in [1.807, 2.05) is 45.0 Å². The summed E-state index contributed by atoms with van der Waals surface area (Å²) in [6.07, 6.45) is 1.38. The van der Waals surface area contributed by atoms with E-state index in [9.17, 15) is 0 Å². The van der Waals surface area contributed by atoms with Crippen LogP contribution in [0.5, 0.6) is 5.75 Å². The predicted octanol–water partition coefficient (Wildman–Crippen LogP) is 3.45. The minimum absolute atomic E-state index is 0.170. The van der Waals surface area contributed by atoms with Gasteiger partial charge in [0, 0.05) is 5.56 Å². The molecule has 0 aliphatic carbocycles. The molecule has 2 aromatic rings. The molecule has 24 heavy (non-hydrogen) atoms. The van der Waals surface area contributed by atoms with Crippen LogP contribution in [-0.2, 0) is 4.74 Å². The Hall–Kier alpha value is -2.34. The maximum absolute atomic E-state index is 5.76. The van der Waals surface area contributed by atoms with Crippen molar-refractivity contribution in [2.75, 3.05) is 13.2 Å². The molecule has 0 unspecified atom stereocenters. The molecule has 1 heterocycles. The van der Waals surface area contributed by atoms with Crippen molar-refractivity contribution in [1.29, 1.82) is 0 Å². The van der Waals surface area contributed by atoms with Gasteiger partial charge in [-0.15, -0.1) is 0 Å². The van der Waals surface area contributed by atoms with Crippen molar-refractivity contribution in [1.82, 2.24) is 20.3 Å². The number of benzene rings is 1. The number of hydrogen-bond donors (Lipinski definition) is 1. The Morgan fingerprint density at radius 2 is 1.92 bits per heavy atom. The van der Waals surface area contributed by atoms with E-state index in [1.54, 1.807) is 0 Å². The molecule has 1 aromatic carbocycles. The van der Waals surface area contributed by atoms with Gasteiger partial charge in [0.15, 0.2) is 11.7 Å². The number of ether oxygens (including phenoxy) is 2. The second-order valence-electron chi connectivity index (χ2n) is 6.02. The normalized spacial score (nSPS) is 11.0. The summed E-state index contributed by atoms with van der Waals surface area (Å²) in [7, 11) is 0. The minimum atomic E-state index is -0.265. The maximum atomic E-state index is 5.76. The average molecular weight is 349 g/mol. The Balaban J connectivity index is 1.79. The van der Waals surface area contributed by atoms with Crippen LogP contribution in [0, 0.1) is 0 Å². The topological polar surface area (TPSA) is 69.2 Å². The first kappa shape index (κ1) is 18.0. The van der Waals surface area contributed by atoms with E-state index in [0.717, 1.165) is 11.3 Å². The van der Waals surface area contributed by atoms with Crippen molar-refractivity contribution >= 4 is 11.6 Å². The van der Waals surface area contributed by atoms with Crippen molar-refractivity contribution in [3.05, 3.63) is 48.3 Å². The van der Waals surface area contributed by atoms with Gasteiger partial charge >= 0.3 is 0 Å². The monoisotopic (exact) mass is 348 g/mol. The van der Waals surface area contributed by atoms with Gasteiger partial charge in [0.05, 0.1) is 6.54 Å². The lowest BCUT2D eigenvalue weighted by Gasteiger charge is -2.23. The fourth-order valence-electron chi connectivity index (χ4n) is 1.88. The molecular weight excluding hydrogens is 328 g/mol. The largest absolute Gasteiger partial charge is 0.492 e. The molecule has 0 aliphatic rings.